The number of benzene rings is 1. The summed E-state index contributed by atoms with van der Waals surface area (Å²) in [6.45, 7) is 0.547. The monoisotopic (exact) mass is 321 g/mol. The lowest BCUT2D eigenvalue weighted by Crippen LogP contribution is -2.27. The van der Waals surface area contributed by atoms with E-state index in [9.17, 15) is 4.79 Å². The van der Waals surface area contributed by atoms with Gasteiger partial charge in [-0.25, -0.2) is 0 Å². The van der Waals surface area contributed by atoms with Crippen molar-refractivity contribution in [2.24, 2.45) is 7.05 Å². The molecule has 0 fully saturated rings. The minimum absolute atomic E-state index is 0.0463. The first kappa shape index (κ1) is 13.7. The second kappa shape index (κ2) is 5.48. The van der Waals surface area contributed by atoms with Crippen LogP contribution in [-0.4, -0.2) is 22.4 Å². The number of aryl methyl sites for hydroxylation is 1. The zero-order valence-corrected chi connectivity index (χ0v) is 12.5. The molecule has 1 aromatic heterocycles. The van der Waals surface area contributed by atoms with Crippen molar-refractivity contribution in [2.75, 3.05) is 12.8 Å². The molecule has 0 radical (unpaired) electrons. The lowest BCUT2D eigenvalue weighted by molar-refractivity contribution is 0.0775. The van der Waals surface area contributed by atoms with E-state index in [1.807, 2.05) is 31.3 Å². The molecule has 0 saturated heterocycles. The molecular weight excluding hydrogens is 306 g/mol. The Morgan fingerprint density at radius 1 is 1.42 bits per heavy atom. The van der Waals surface area contributed by atoms with Crippen molar-refractivity contribution in [2.45, 2.75) is 6.54 Å². The summed E-state index contributed by atoms with van der Waals surface area (Å²) in [5, 5.41) is 0. The molecule has 0 unspecified atom stereocenters. The first-order valence-electron chi connectivity index (χ1n) is 5.89. The number of nitrogen functional groups attached to an aromatic ring is 1. The Balaban J connectivity index is 2.16. The van der Waals surface area contributed by atoms with Gasteiger partial charge in [-0.1, -0.05) is 34.1 Å². The highest BCUT2D eigenvalue weighted by Crippen LogP contribution is 2.19. The molecule has 2 rings (SSSR count). The molecule has 4 nitrogen and oxygen atoms in total. The third-order valence-corrected chi connectivity index (χ3v) is 3.73. The van der Waals surface area contributed by atoms with Crippen molar-refractivity contribution < 1.29 is 4.79 Å². The van der Waals surface area contributed by atoms with Crippen molar-refractivity contribution >= 4 is 27.5 Å². The average molecular weight is 322 g/mol. The molecule has 1 amide bonds. The molecule has 1 aromatic carbocycles. The van der Waals surface area contributed by atoms with Gasteiger partial charge in [0.05, 0.1) is 5.69 Å². The number of nitrogens with two attached hydrogens (primary N) is 1. The third kappa shape index (κ3) is 2.98. The van der Waals surface area contributed by atoms with Crippen molar-refractivity contribution in [1.29, 1.82) is 0 Å². The Morgan fingerprint density at radius 2 is 2.11 bits per heavy atom. The van der Waals surface area contributed by atoms with E-state index in [2.05, 4.69) is 15.9 Å². The first-order chi connectivity index (χ1) is 8.99. The quantitative estimate of drug-likeness (QED) is 0.944. The molecule has 1 heterocycles. The Morgan fingerprint density at radius 3 is 2.68 bits per heavy atom. The third-order valence-electron chi connectivity index (χ3n) is 2.96. The van der Waals surface area contributed by atoms with Gasteiger partial charge in [-0.2, -0.15) is 0 Å². The minimum atomic E-state index is -0.0463. The molecule has 5 heteroatoms. The van der Waals surface area contributed by atoms with Crippen LogP contribution in [-0.2, 0) is 13.6 Å². The van der Waals surface area contributed by atoms with E-state index < -0.39 is 0 Å². The van der Waals surface area contributed by atoms with Gasteiger partial charge in [-0.05, 0) is 17.7 Å². The molecule has 0 saturated carbocycles. The fraction of sp³-hybridized carbons (Fsp3) is 0.214. The highest BCUT2D eigenvalue weighted by atomic mass is 79.9. The maximum Gasteiger partial charge on any atom is 0.270 e. The predicted octanol–water partition coefficient (Wildman–Crippen LogP) is 2.64. The van der Waals surface area contributed by atoms with Crippen molar-refractivity contribution in [1.82, 2.24) is 9.47 Å². The number of anilines is 1. The van der Waals surface area contributed by atoms with Crippen LogP contribution in [0, 0.1) is 0 Å². The summed E-state index contributed by atoms with van der Waals surface area (Å²) < 4.78 is 2.75. The van der Waals surface area contributed by atoms with E-state index in [0.717, 1.165) is 10.0 Å². The van der Waals surface area contributed by atoms with Crippen LogP contribution in [0.25, 0.3) is 0 Å². The maximum atomic E-state index is 12.3. The van der Waals surface area contributed by atoms with Crippen LogP contribution >= 0.6 is 15.9 Å². The van der Waals surface area contributed by atoms with Crippen LogP contribution in [0.3, 0.4) is 0 Å². The highest BCUT2D eigenvalue weighted by molar-refractivity contribution is 9.10. The van der Waals surface area contributed by atoms with Gasteiger partial charge in [0, 0.05) is 31.3 Å². The molecule has 0 aliphatic heterocycles. The summed E-state index contributed by atoms with van der Waals surface area (Å²) in [5.74, 6) is -0.0463. The predicted molar refractivity (Wildman–Crippen MR) is 79.8 cm³/mol. The Hall–Kier alpha value is -1.75. The fourth-order valence-corrected chi connectivity index (χ4v) is 2.36. The van der Waals surface area contributed by atoms with Gasteiger partial charge in [-0.3, -0.25) is 4.79 Å². The number of hydrogen-bond acceptors (Lipinski definition) is 2. The van der Waals surface area contributed by atoms with E-state index in [0.29, 0.717) is 17.9 Å². The van der Waals surface area contributed by atoms with Crippen LogP contribution in [0.4, 0.5) is 5.69 Å². The Bertz CT molecular complexity index is 606. The van der Waals surface area contributed by atoms with Gasteiger partial charge in [0.2, 0.25) is 0 Å². The molecule has 100 valence electrons. The summed E-state index contributed by atoms with van der Waals surface area (Å²) in [4.78, 5) is 14.0. The fourth-order valence-electron chi connectivity index (χ4n) is 1.95. The topological polar surface area (TPSA) is 51.3 Å². The zero-order chi connectivity index (χ0) is 14.0. The Labute approximate surface area is 120 Å². The van der Waals surface area contributed by atoms with E-state index in [1.54, 1.807) is 28.8 Å². The van der Waals surface area contributed by atoms with Crippen LogP contribution in [0.2, 0.25) is 0 Å². The second-order valence-electron chi connectivity index (χ2n) is 4.52. The van der Waals surface area contributed by atoms with Gasteiger partial charge in [0.1, 0.15) is 5.69 Å². The van der Waals surface area contributed by atoms with E-state index >= 15 is 0 Å². The van der Waals surface area contributed by atoms with E-state index in [1.165, 1.54) is 0 Å². The lowest BCUT2D eigenvalue weighted by Gasteiger charge is -2.18. The average Bonchev–Trinajstić information content (AvgIpc) is 2.70. The van der Waals surface area contributed by atoms with Crippen molar-refractivity contribution in [3.8, 4) is 0 Å². The highest BCUT2D eigenvalue weighted by Gasteiger charge is 2.16. The zero-order valence-electron chi connectivity index (χ0n) is 10.9. The van der Waals surface area contributed by atoms with Crippen LogP contribution in [0.5, 0.6) is 0 Å². The largest absolute Gasteiger partial charge is 0.397 e. The summed E-state index contributed by atoms with van der Waals surface area (Å²) in [7, 11) is 3.60. The van der Waals surface area contributed by atoms with Crippen LogP contribution in [0.15, 0.2) is 41.0 Å². The summed E-state index contributed by atoms with van der Waals surface area (Å²) in [6, 6.07) is 9.56. The number of amides is 1. The molecule has 0 aliphatic carbocycles. The van der Waals surface area contributed by atoms with Crippen molar-refractivity contribution in [3.05, 3.63) is 52.3 Å². The Kier molecular flexibility index (Phi) is 3.95. The van der Waals surface area contributed by atoms with Gasteiger partial charge < -0.3 is 15.2 Å². The smallest absolute Gasteiger partial charge is 0.270 e. The molecule has 0 aliphatic rings. The standard InChI is InChI=1S/C14H16BrN3O/c1-17-9-11(16)7-13(17)14(19)18(2)8-10-5-3-4-6-12(10)15/h3-7,9H,8,16H2,1-2H3. The molecule has 0 atom stereocenters. The molecule has 0 spiro atoms. The molecular formula is C14H16BrN3O. The molecule has 2 aromatic rings. The van der Waals surface area contributed by atoms with Crippen LogP contribution in [0.1, 0.15) is 16.1 Å². The van der Waals surface area contributed by atoms with Gasteiger partial charge in [-0.15, -0.1) is 0 Å². The number of carbonyl (C=O) groups excluding carboxylic acids is 1. The van der Waals surface area contributed by atoms with Crippen molar-refractivity contribution in [3.63, 3.8) is 0 Å². The van der Waals surface area contributed by atoms with E-state index in [4.69, 9.17) is 5.73 Å². The summed E-state index contributed by atoms with van der Waals surface area (Å²) in [6.07, 6.45) is 1.74. The normalized spacial score (nSPS) is 10.5. The number of carbonyl (C=O) groups is 1. The minimum Gasteiger partial charge on any atom is -0.397 e. The van der Waals surface area contributed by atoms with E-state index in [-0.39, 0.29) is 5.91 Å². The first-order valence-corrected chi connectivity index (χ1v) is 6.69. The number of rotatable bonds is 3. The number of hydrogen-bond donors (Lipinski definition) is 1. The maximum absolute atomic E-state index is 12.3. The second-order valence-corrected chi connectivity index (χ2v) is 5.38. The van der Waals surface area contributed by atoms with Crippen LogP contribution < -0.4 is 5.73 Å². The number of halogens is 1. The van der Waals surface area contributed by atoms with Gasteiger partial charge in [0.15, 0.2) is 0 Å². The molecule has 19 heavy (non-hydrogen) atoms. The summed E-state index contributed by atoms with van der Waals surface area (Å²) >= 11 is 3.49. The number of aromatic nitrogens is 1. The number of nitrogens with zero attached hydrogens (tertiary/aromatic N) is 2. The molecule has 2 N–H and O–H groups in total. The summed E-state index contributed by atoms with van der Waals surface area (Å²) in [5.41, 5.74) is 7.95. The van der Waals surface area contributed by atoms with Gasteiger partial charge in [0.25, 0.3) is 5.91 Å². The molecule has 0 bridgehead atoms. The lowest BCUT2D eigenvalue weighted by atomic mass is 10.2. The van der Waals surface area contributed by atoms with Gasteiger partial charge >= 0.3 is 0 Å². The SMILES string of the molecule is CN(Cc1ccccc1Br)C(=O)c1cc(N)cn1C.